The summed E-state index contributed by atoms with van der Waals surface area (Å²) in [5.41, 5.74) is -0.250. The van der Waals surface area contributed by atoms with Gasteiger partial charge in [-0.2, -0.15) is 0 Å². The molecule has 2 fully saturated rings. The molecule has 120 valence electrons. The SMILES string of the molecule is CN(C)C(=O)CN1CCN(C(=O)C2(C)CCCNC2)CC1. The Hall–Kier alpha value is -1.14. The van der Waals surface area contributed by atoms with Crippen LogP contribution in [0, 0.1) is 5.41 Å². The van der Waals surface area contributed by atoms with Gasteiger partial charge in [0.2, 0.25) is 11.8 Å². The van der Waals surface area contributed by atoms with E-state index in [2.05, 4.69) is 17.1 Å². The van der Waals surface area contributed by atoms with Crippen molar-refractivity contribution in [1.82, 2.24) is 20.0 Å². The Bertz CT molecular complexity index is 383. The van der Waals surface area contributed by atoms with Crippen LogP contribution < -0.4 is 5.32 Å². The highest BCUT2D eigenvalue weighted by molar-refractivity contribution is 5.83. The zero-order valence-corrected chi connectivity index (χ0v) is 13.5. The molecule has 1 atom stereocenters. The highest BCUT2D eigenvalue weighted by atomic mass is 16.2. The van der Waals surface area contributed by atoms with Crippen molar-refractivity contribution in [2.75, 3.05) is 59.9 Å². The van der Waals surface area contributed by atoms with Crippen LogP contribution in [0.2, 0.25) is 0 Å². The van der Waals surface area contributed by atoms with Crippen molar-refractivity contribution in [3.8, 4) is 0 Å². The van der Waals surface area contributed by atoms with Crippen LogP contribution in [0.1, 0.15) is 19.8 Å². The smallest absolute Gasteiger partial charge is 0.236 e. The van der Waals surface area contributed by atoms with Crippen LogP contribution in [0.15, 0.2) is 0 Å². The fourth-order valence-corrected chi connectivity index (χ4v) is 3.06. The van der Waals surface area contributed by atoms with Gasteiger partial charge in [-0.3, -0.25) is 14.5 Å². The first-order valence-electron chi connectivity index (χ1n) is 7.85. The second-order valence-electron chi connectivity index (χ2n) is 6.70. The lowest BCUT2D eigenvalue weighted by molar-refractivity contribution is -0.144. The number of nitrogens with zero attached hydrogens (tertiary/aromatic N) is 3. The first kappa shape index (κ1) is 16.2. The monoisotopic (exact) mass is 296 g/mol. The molecule has 2 amide bonds. The summed E-state index contributed by atoms with van der Waals surface area (Å²) < 4.78 is 0. The second kappa shape index (κ2) is 6.75. The van der Waals surface area contributed by atoms with Crippen molar-refractivity contribution in [3.63, 3.8) is 0 Å². The van der Waals surface area contributed by atoms with Crippen LogP contribution in [-0.2, 0) is 9.59 Å². The molecular formula is C15H28N4O2. The molecule has 2 heterocycles. The number of amides is 2. The highest BCUT2D eigenvalue weighted by Gasteiger charge is 2.38. The third-order valence-corrected chi connectivity index (χ3v) is 4.63. The summed E-state index contributed by atoms with van der Waals surface area (Å²) in [5.74, 6) is 0.395. The molecular weight excluding hydrogens is 268 g/mol. The van der Waals surface area contributed by atoms with Crippen molar-refractivity contribution in [3.05, 3.63) is 0 Å². The van der Waals surface area contributed by atoms with Crippen molar-refractivity contribution in [2.45, 2.75) is 19.8 Å². The first-order chi connectivity index (χ1) is 9.92. The summed E-state index contributed by atoms with van der Waals surface area (Å²) in [6.45, 7) is 7.36. The number of hydrogen-bond acceptors (Lipinski definition) is 4. The summed E-state index contributed by atoms with van der Waals surface area (Å²) in [5, 5.41) is 3.33. The average Bonchev–Trinajstić information content (AvgIpc) is 2.48. The average molecular weight is 296 g/mol. The maximum Gasteiger partial charge on any atom is 0.236 e. The molecule has 2 aliphatic heterocycles. The number of carbonyl (C=O) groups excluding carboxylic acids is 2. The minimum Gasteiger partial charge on any atom is -0.348 e. The van der Waals surface area contributed by atoms with Crippen molar-refractivity contribution >= 4 is 11.8 Å². The van der Waals surface area contributed by atoms with Gasteiger partial charge < -0.3 is 15.1 Å². The lowest BCUT2D eigenvalue weighted by Gasteiger charge is -2.41. The van der Waals surface area contributed by atoms with Gasteiger partial charge in [0.1, 0.15) is 0 Å². The van der Waals surface area contributed by atoms with Crippen molar-refractivity contribution in [2.24, 2.45) is 5.41 Å². The molecule has 0 aromatic rings. The van der Waals surface area contributed by atoms with Crippen molar-refractivity contribution in [1.29, 1.82) is 0 Å². The topological polar surface area (TPSA) is 55.9 Å². The second-order valence-corrected chi connectivity index (χ2v) is 6.70. The molecule has 0 radical (unpaired) electrons. The van der Waals surface area contributed by atoms with Gasteiger partial charge in [0.15, 0.2) is 0 Å². The normalized spacial score (nSPS) is 27.5. The van der Waals surface area contributed by atoms with Gasteiger partial charge in [-0.1, -0.05) is 0 Å². The Kier molecular flexibility index (Phi) is 5.22. The molecule has 21 heavy (non-hydrogen) atoms. The Balaban J connectivity index is 1.83. The fourth-order valence-electron chi connectivity index (χ4n) is 3.06. The van der Waals surface area contributed by atoms with E-state index in [-0.39, 0.29) is 17.2 Å². The van der Waals surface area contributed by atoms with Crippen LogP contribution in [0.5, 0.6) is 0 Å². The largest absolute Gasteiger partial charge is 0.348 e. The van der Waals surface area contributed by atoms with Gasteiger partial charge in [0.05, 0.1) is 12.0 Å². The van der Waals surface area contributed by atoms with E-state index in [1.54, 1.807) is 19.0 Å². The molecule has 0 aromatic carbocycles. The first-order valence-corrected chi connectivity index (χ1v) is 7.85. The summed E-state index contributed by atoms with van der Waals surface area (Å²) in [6.07, 6.45) is 2.04. The van der Waals surface area contributed by atoms with Crippen LogP contribution in [-0.4, -0.2) is 86.4 Å². The van der Waals surface area contributed by atoms with Gasteiger partial charge in [-0.05, 0) is 26.3 Å². The maximum atomic E-state index is 12.7. The van der Waals surface area contributed by atoms with Gasteiger partial charge in [-0.15, -0.1) is 0 Å². The maximum absolute atomic E-state index is 12.7. The molecule has 0 aromatic heterocycles. The van der Waals surface area contributed by atoms with E-state index in [9.17, 15) is 9.59 Å². The molecule has 2 saturated heterocycles. The van der Waals surface area contributed by atoms with E-state index in [1.807, 2.05) is 4.90 Å². The zero-order valence-electron chi connectivity index (χ0n) is 13.5. The Labute approximate surface area is 127 Å². The highest BCUT2D eigenvalue weighted by Crippen LogP contribution is 2.28. The molecule has 6 nitrogen and oxygen atoms in total. The zero-order chi connectivity index (χ0) is 15.5. The van der Waals surface area contributed by atoms with Gasteiger partial charge in [-0.25, -0.2) is 0 Å². The predicted octanol–water partition coefficient (Wildman–Crippen LogP) is -0.391. The van der Waals surface area contributed by atoms with E-state index < -0.39 is 0 Å². The third kappa shape index (κ3) is 3.95. The Morgan fingerprint density at radius 1 is 1.19 bits per heavy atom. The number of rotatable bonds is 3. The van der Waals surface area contributed by atoms with Crippen LogP contribution in [0.25, 0.3) is 0 Å². The molecule has 2 aliphatic rings. The predicted molar refractivity (Wildman–Crippen MR) is 81.9 cm³/mol. The lowest BCUT2D eigenvalue weighted by Crippen LogP contribution is -2.56. The number of nitrogens with one attached hydrogen (secondary N) is 1. The van der Waals surface area contributed by atoms with Gasteiger partial charge >= 0.3 is 0 Å². The molecule has 0 aliphatic carbocycles. The molecule has 0 saturated carbocycles. The molecule has 6 heteroatoms. The van der Waals surface area contributed by atoms with E-state index in [1.165, 1.54) is 0 Å². The van der Waals surface area contributed by atoms with Gasteiger partial charge in [0, 0.05) is 46.8 Å². The minimum absolute atomic E-state index is 0.123. The minimum atomic E-state index is -0.250. The molecule has 0 spiro atoms. The number of piperidine rings is 1. The molecule has 1 N–H and O–H groups in total. The Morgan fingerprint density at radius 2 is 1.86 bits per heavy atom. The Morgan fingerprint density at radius 3 is 2.38 bits per heavy atom. The van der Waals surface area contributed by atoms with E-state index in [0.29, 0.717) is 6.54 Å². The molecule has 2 rings (SSSR count). The third-order valence-electron chi connectivity index (χ3n) is 4.63. The summed E-state index contributed by atoms with van der Waals surface area (Å²) in [6, 6.07) is 0. The van der Waals surface area contributed by atoms with Crippen molar-refractivity contribution < 1.29 is 9.59 Å². The van der Waals surface area contributed by atoms with E-state index in [0.717, 1.165) is 52.1 Å². The van der Waals surface area contributed by atoms with Crippen LogP contribution in [0.3, 0.4) is 0 Å². The van der Waals surface area contributed by atoms with Crippen LogP contribution in [0.4, 0.5) is 0 Å². The number of likely N-dealkylation sites (N-methyl/N-ethyl adjacent to an activating group) is 1. The summed E-state index contributed by atoms with van der Waals surface area (Å²) in [4.78, 5) is 30.2. The van der Waals surface area contributed by atoms with E-state index in [4.69, 9.17) is 0 Å². The number of piperazine rings is 1. The molecule has 0 bridgehead atoms. The summed E-state index contributed by atoms with van der Waals surface area (Å²) >= 11 is 0. The fraction of sp³-hybridized carbons (Fsp3) is 0.867. The van der Waals surface area contributed by atoms with E-state index >= 15 is 0 Å². The lowest BCUT2D eigenvalue weighted by atomic mass is 9.81. The van der Waals surface area contributed by atoms with Crippen LogP contribution >= 0.6 is 0 Å². The molecule has 1 unspecified atom stereocenters. The quantitative estimate of drug-likeness (QED) is 0.770. The number of carbonyl (C=O) groups is 2. The van der Waals surface area contributed by atoms with Gasteiger partial charge in [0.25, 0.3) is 0 Å². The summed E-state index contributed by atoms with van der Waals surface area (Å²) in [7, 11) is 3.55. The standard InChI is InChI=1S/C15H28N4O2/c1-15(5-4-6-16-12-15)14(21)19-9-7-18(8-10-19)11-13(20)17(2)3/h16H,4-12H2,1-3H3. The number of hydrogen-bond donors (Lipinski definition) is 1.